The summed E-state index contributed by atoms with van der Waals surface area (Å²) in [5.74, 6) is 0. The van der Waals surface area contributed by atoms with Crippen molar-refractivity contribution < 1.29 is 0 Å². The predicted octanol–water partition coefficient (Wildman–Crippen LogP) is 3.89. The van der Waals surface area contributed by atoms with Crippen molar-refractivity contribution in [1.29, 1.82) is 0 Å². The first-order valence-electron chi connectivity index (χ1n) is 7.68. The summed E-state index contributed by atoms with van der Waals surface area (Å²) in [6.45, 7) is 5.36. The SMILES string of the molecule is CC/C=C1\NCc2c1nc1ccc(C)c3c1c2CCC3. The molecule has 102 valence electrons. The number of hydrogen-bond donors (Lipinski definition) is 1. The third-order valence-corrected chi connectivity index (χ3v) is 4.68. The van der Waals surface area contributed by atoms with Crippen LogP contribution in [0.4, 0.5) is 0 Å². The van der Waals surface area contributed by atoms with Crippen LogP contribution in [0.2, 0.25) is 0 Å². The number of pyridine rings is 1. The van der Waals surface area contributed by atoms with Crippen LogP contribution >= 0.6 is 0 Å². The molecule has 0 atom stereocenters. The summed E-state index contributed by atoms with van der Waals surface area (Å²) in [5.41, 5.74) is 9.58. The van der Waals surface area contributed by atoms with Crippen molar-refractivity contribution in [2.24, 2.45) is 0 Å². The van der Waals surface area contributed by atoms with Crippen molar-refractivity contribution in [1.82, 2.24) is 10.3 Å². The number of allylic oxidation sites excluding steroid dienone is 1. The second-order valence-electron chi connectivity index (χ2n) is 5.91. The molecule has 2 aromatic rings. The first kappa shape index (κ1) is 12.0. The van der Waals surface area contributed by atoms with Gasteiger partial charge in [0.2, 0.25) is 0 Å². The molecule has 0 saturated heterocycles. The molecular weight excluding hydrogens is 244 g/mol. The van der Waals surface area contributed by atoms with Crippen molar-refractivity contribution in [3.8, 4) is 0 Å². The Morgan fingerprint density at radius 1 is 1.20 bits per heavy atom. The van der Waals surface area contributed by atoms with Gasteiger partial charge in [0, 0.05) is 17.5 Å². The first-order chi connectivity index (χ1) is 9.79. The van der Waals surface area contributed by atoms with Gasteiger partial charge in [-0.05, 0) is 55.4 Å². The number of nitrogens with zero attached hydrogens (tertiary/aromatic N) is 1. The third kappa shape index (κ3) is 1.54. The highest BCUT2D eigenvalue weighted by Gasteiger charge is 2.25. The molecule has 2 heterocycles. The molecule has 1 aromatic heterocycles. The Bertz CT molecular complexity index is 741. The van der Waals surface area contributed by atoms with E-state index in [2.05, 4.69) is 37.4 Å². The highest BCUT2D eigenvalue weighted by Crippen LogP contribution is 2.37. The molecule has 0 radical (unpaired) electrons. The van der Waals surface area contributed by atoms with Crippen LogP contribution in [0, 0.1) is 6.92 Å². The number of hydrogen-bond acceptors (Lipinski definition) is 2. The van der Waals surface area contributed by atoms with Crippen LogP contribution in [0.3, 0.4) is 0 Å². The summed E-state index contributed by atoms with van der Waals surface area (Å²) < 4.78 is 0. The summed E-state index contributed by atoms with van der Waals surface area (Å²) in [4.78, 5) is 4.97. The average molecular weight is 264 g/mol. The molecule has 0 amide bonds. The van der Waals surface area contributed by atoms with Gasteiger partial charge in [0.1, 0.15) is 0 Å². The Kier molecular flexibility index (Phi) is 2.59. The third-order valence-electron chi connectivity index (χ3n) is 4.68. The fraction of sp³-hybridized carbons (Fsp3) is 0.389. The number of fused-ring (bicyclic) bond motifs is 2. The molecular formula is C18H20N2. The van der Waals surface area contributed by atoms with E-state index in [9.17, 15) is 0 Å². The molecule has 4 rings (SSSR count). The molecule has 0 spiro atoms. The van der Waals surface area contributed by atoms with Gasteiger partial charge in [-0.1, -0.05) is 19.1 Å². The molecule has 1 N–H and O–H groups in total. The lowest BCUT2D eigenvalue weighted by atomic mass is 9.85. The molecule has 2 nitrogen and oxygen atoms in total. The van der Waals surface area contributed by atoms with Crippen molar-refractivity contribution in [2.75, 3.05) is 0 Å². The second kappa shape index (κ2) is 4.34. The molecule has 1 aliphatic carbocycles. The van der Waals surface area contributed by atoms with Crippen molar-refractivity contribution in [3.05, 3.63) is 46.2 Å². The van der Waals surface area contributed by atoms with Crippen molar-refractivity contribution in [2.45, 2.75) is 46.1 Å². The van der Waals surface area contributed by atoms with Crippen LogP contribution in [0.5, 0.6) is 0 Å². The van der Waals surface area contributed by atoms with E-state index in [1.807, 2.05) is 0 Å². The van der Waals surface area contributed by atoms with E-state index in [0.717, 1.165) is 13.0 Å². The molecule has 1 aromatic carbocycles. The maximum Gasteiger partial charge on any atom is 0.0918 e. The summed E-state index contributed by atoms with van der Waals surface area (Å²) in [6, 6.07) is 4.43. The van der Waals surface area contributed by atoms with E-state index >= 15 is 0 Å². The fourth-order valence-electron chi connectivity index (χ4n) is 3.74. The standard InChI is InChI=1S/C18H20N2/c1-3-5-16-18-14(10-19-16)13-7-4-6-12-11(2)8-9-15(20-18)17(12)13/h5,8-9,19H,3-4,6-7,10H2,1-2H3/b16-5-. The van der Waals surface area contributed by atoms with E-state index in [-0.39, 0.29) is 0 Å². The van der Waals surface area contributed by atoms with E-state index < -0.39 is 0 Å². The minimum atomic E-state index is 0.951. The van der Waals surface area contributed by atoms with Crippen LogP contribution in [-0.4, -0.2) is 4.98 Å². The van der Waals surface area contributed by atoms with E-state index in [0.29, 0.717) is 0 Å². The Balaban J connectivity index is 2.08. The van der Waals surface area contributed by atoms with Gasteiger partial charge in [0.05, 0.1) is 16.9 Å². The van der Waals surface area contributed by atoms with Gasteiger partial charge in [0.25, 0.3) is 0 Å². The number of aryl methyl sites for hydroxylation is 3. The van der Waals surface area contributed by atoms with Crippen LogP contribution in [-0.2, 0) is 19.4 Å². The number of rotatable bonds is 1. The quantitative estimate of drug-likeness (QED) is 0.845. The van der Waals surface area contributed by atoms with Crippen LogP contribution in [0.1, 0.15) is 47.7 Å². The fourth-order valence-corrected chi connectivity index (χ4v) is 3.74. The molecule has 1 aliphatic heterocycles. The van der Waals surface area contributed by atoms with E-state index in [4.69, 9.17) is 4.98 Å². The van der Waals surface area contributed by atoms with Gasteiger partial charge in [0.15, 0.2) is 0 Å². The number of nitrogens with one attached hydrogen (secondary N) is 1. The van der Waals surface area contributed by atoms with Crippen molar-refractivity contribution >= 4 is 16.6 Å². The molecule has 0 bridgehead atoms. The van der Waals surface area contributed by atoms with Crippen molar-refractivity contribution in [3.63, 3.8) is 0 Å². The Hall–Kier alpha value is -1.83. The monoisotopic (exact) mass is 264 g/mol. The maximum absolute atomic E-state index is 4.97. The van der Waals surface area contributed by atoms with Gasteiger partial charge in [-0.15, -0.1) is 0 Å². The topological polar surface area (TPSA) is 24.9 Å². The zero-order valence-electron chi connectivity index (χ0n) is 12.2. The molecule has 2 aliphatic rings. The van der Waals surface area contributed by atoms with Gasteiger partial charge in [-0.2, -0.15) is 0 Å². The predicted molar refractivity (Wildman–Crippen MR) is 83.6 cm³/mol. The maximum atomic E-state index is 4.97. The van der Waals surface area contributed by atoms with E-state index in [1.54, 1.807) is 5.56 Å². The summed E-state index contributed by atoms with van der Waals surface area (Å²) in [5, 5.41) is 4.98. The second-order valence-corrected chi connectivity index (χ2v) is 5.91. The Labute approximate surface area is 119 Å². The average Bonchev–Trinajstić information content (AvgIpc) is 2.87. The number of benzene rings is 1. The lowest BCUT2D eigenvalue weighted by Crippen LogP contribution is -2.08. The van der Waals surface area contributed by atoms with Crippen LogP contribution in [0.25, 0.3) is 16.6 Å². The molecule has 0 fully saturated rings. The largest absolute Gasteiger partial charge is 0.379 e. The summed E-state index contributed by atoms with van der Waals surface area (Å²) in [7, 11) is 0. The van der Waals surface area contributed by atoms with E-state index in [1.165, 1.54) is 58.2 Å². The summed E-state index contributed by atoms with van der Waals surface area (Å²) in [6.07, 6.45) is 7.00. The van der Waals surface area contributed by atoms with Crippen LogP contribution < -0.4 is 5.32 Å². The van der Waals surface area contributed by atoms with Gasteiger partial charge in [-0.25, -0.2) is 4.98 Å². The Morgan fingerprint density at radius 2 is 2.05 bits per heavy atom. The minimum absolute atomic E-state index is 0.951. The smallest absolute Gasteiger partial charge is 0.0918 e. The molecule has 0 unspecified atom stereocenters. The summed E-state index contributed by atoms with van der Waals surface area (Å²) >= 11 is 0. The Morgan fingerprint density at radius 3 is 2.90 bits per heavy atom. The van der Waals surface area contributed by atoms with Gasteiger partial charge < -0.3 is 5.32 Å². The minimum Gasteiger partial charge on any atom is -0.379 e. The van der Waals surface area contributed by atoms with Gasteiger partial charge in [-0.3, -0.25) is 0 Å². The highest BCUT2D eigenvalue weighted by atomic mass is 15.0. The number of aromatic nitrogens is 1. The van der Waals surface area contributed by atoms with Gasteiger partial charge >= 0.3 is 0 Å². The zero-order valence-corrected chi connectivity index (χ0v) is 12.2. The normalized spacial score (nSPS) is 18.4. The highest BCUT2D eigenvalue weighted by molar-refractivity contribution is 5.91. The van der Waals surface area contributed by atoms with Crippen LogP contribution in [0.15, 0.2) is 18.2 Å². The first-order valence-corrected chi connectivity index (χ1v) is 7.68. The zero-order chi connectivity index (χ0) is 13.7. The lowest BCUT2D eigenvalue weighted by Gasteiger charge is -2.21. The lowest BCUT2D eigenvalue weighted by molar-refractivity contribution is 0.787. The molecule has 2 heteroatoms. The molecule has 0 saturated carbocycles. The molecule has 20 heavy (non-hydrogen) atoms.